The largest absolute Gasteiger partial charge is 0.493 e. The van der Waals surface area contributed by atoms with Gasteiger partial charge in [-0.25, -0.2) is 0 Å². The second kappa shape index (κ2) is 7.68. The summed E-state index contributed by atoms with van der Waals surface area (Å²) in [5, 5.41) is 11.7. The first-order valence-corrected chi connectivity index (χ1v) is 5.85. The quantitative estimate of drug-likeness (QED) is 0.755. The van der Waals surface area contributed by atoms with E-state index in [0.717, 1.165) is 12.0 Å². The lowest BCUT2D eigenvalue weighted by Crippen LogP contribution is -2.25. The number of aliphatic hydroxyl groups excluding tert-OH is 1. The number of amides is 1. The molecule has 0 atom stereocenters. The Hall–Kier alpha value is -1.55. The number of carbonyl (C=O) groups is 1. The molecule has 0 fully saturated rings. The van der Waals surface area contributed by atoms with Crippen LogP contribution in [-0.2, 0) is 11.4 Å². The molecule has 0 heterocycles. The smallest absolute Gasteiger partial charge is 0.223 e. The maximum atomic E-state index is 11.3. The molecule has 94 valence electrons. The number of hydrogen-bond donors (Lipinski definition) is 2. The molecule has 4 heteroatoms. The number of benzene rings is 1. The molecule has 1 aromatic rings. The van der Waals surface area contributed by atoms with Gasteiger partial charge in [0.15, 0.2) is 0 Å². The normalized spacial score (nSPS) is 10.0. The topological polar surface area (TPSA) is 58.6 Å². The van der Waals surface area contributed by atoms with E-state index in [1.54, 1.807) is 24.3 Å². The summed E-state index contributed by atoms with van der Waals surface area (Å²) >= 11 is 0. The first kappa shape index (κ1) is 13.5. The first-order chi connectivity index (χ1) is 8.26. The molecule has 2 N–H and O–H groups in total. The molecule has 0 saturated heterocycles. The fraction of sp³-hybridized carbons (Fsp3) is 0.462. The van der Waals surface area contributed by atoms with Gasteiger partial charge in [0.05, 0.1) is 19.6 Å². The van der Waals surface area contributed by atoms with Gasteiger partial charge < -0.3 is 15.2 Å². The molecule has 0 saturated carbocycles. The van der Waals surface area contributed by atoms with Gasteiger partial charge in [0.1, 0.15) is 5.75 Å². The Labute approximate surface area is 102 Å². The van der Waals surface area contributed by atoms with Crippen molar-refractivity contribution in [1.29, 1.82) is 0 Å². The molecule has 1 amide bonds. The first-order valence-electron chi connectivity index (χ1n) is 5.85. The minimum atomic E-state index is 0.0128. The molecular weight excluding hydrogens is 218 g/mol. The lowest BCUT2D eigenvalue weighted by molar-refractivity contribution is -0.121. The third-order valence-corrected chi connectivity index (χ3v) is 2.28. The Morgan fingerprint density at radius 1 is 1.35 bits per heavy atom. The highest BCUT2D eigenvalue weighted by Gasteiger charge is 2.00. The number of hydrogen-bond acceptors (Lipinski definition) is 3. The summed E-state index contributed by atoms with van der Waals surface area (Å²) in [6, 6.07) is 7.17. The molecule has 17 heavy (non-hydrogen) atoms. The summed E-state index contributed by atoms with van der Waals surface area (Å²) in [7, 11) is 0. The van der Waals surface area contributed by atoms with Crippen LogP contribution in [-0.4, -0.2) is 24.2 Å². The van der Waals surface area contributed by atoms with Crippen molar-refractivity contribution in [3.8, 4) is 5.75 Å². The number of rotatable bonds is 7. The number of ether oxygens (including phenoxy) is 1. The van der Waals surface area contributed by atoms with Gasteiger partial charge in [-0.05, 0) is 24.1 Å². The number of aliphatic hydroxyl groups is 1. The fourth-order valence-electron chi connectivity index (χ4n) is 1.31. The van der Waals surface area contributed by atoms with Gasteiger partial charge in [0.25, 0.3) is 0 Å². The van der Waals surface area contributed by atoms with Crippen molar-refractivity contribution >= 4 is 5.91 Å². The lowest BCUT2D eigenvalue weighted by Gasteiger charge is -2.07. The minimum absolute atomic E-state index is 0.0128. The van der Waals surface area contributed by atoms with Crippen molar-refractivity contribution in [2.45, 2.75) is 26.4 Å². The Morgan fingerprint density at radius 2 is 2.06 bits per heavy atom. The van der Waals surface area contributed by atoms with Crippen LogP contribution in [0.3, 0.4) is 0 Å². The zero-order chi connectivity index (χ0) is 12.5. The summed E-state index contributed by atoms with van der Waals surface area (Å²) < 4.78 is 5.41. The van der Waals surface area contributed by atoms with E-state index in [4.69, 9.17) is 9.84 Å². The Morgan fingerprint density at radius 3 is 2.65 bits per heavy atom. The summed E-state index contributed by atoms with van der Waals surface area (Å²) in [5.74, 6) is 0.726. The van der Waals surface area contributed by atoms with Crippen LogP contribution in [0.5, 0.6) is 5.75 Å². The monoisotopic (exact) mass is 237 g/mol. The summed E-state index contributed by atoms with van der Waals surface area (Å²) in [4.78, 5) is 11.3. The summed E-state index contributed by atoms with van der Waals surface area (Å²) in [5.41, 5.74) is 0.845. The lowest BCUT2D eigenvalue weighted by atomic mass is 10.2. The van der Waals surface area contributed by atoms with E-state index in [0.29, 0.717) is 25.3 Å². The molecule has 4 nitrogen and oxygen atoms in total. The van der Waals surface area contributed by atoms with Gasteiger partial charge in [-0.3, -0.25) is 4.79 Å². The average Bonchev–Trinajstić information content (AvgIpc) is 2.37. The molecule has 0 bridgehead atoms. The molecule has 0 aliphatic heterocycles. The van der Waals surface area contributed by atoms with Crippen LogP contribution in [0.2, 0.25) is 0 Å². The van der Waals surface area contributed by atoms with Gasteiger partial charge in [-0.15, -0.1) is 0 Å². The molecule has 0 aliphatic rings. The van der Waals surface area contributed by atoms with Gasteiger partial charge in [-0.2, -0.15) is 0 Å². The third kappa shape index (κ3) is 5.36. The molecule has 0 radical (unpaired) electrons. The Bertz CT molecular complexity index is 335. The second-order valence-electron chi connectivity index (χ2n) is 3.75. The van der Waals surface area contributed by atoms with Gasteiger partial charge in [0.2, 0.25) is 5.91 Å². The molecule has 0 spiro atoms. The summed E-state index contributed by atoms with van der Waals surface area (Å²) in [6.07, 6.45) is 1.30. The van der Waals surface area contributed by atoms with E-state index < -0.39 is 0 Å². The van der Waals surface area contributed by atoms with Gasteiger partial charge in [-0.1, -0.05) is 19.1 Å². The van der Waals surface area contributed by atoms with E-state index in [-0.39, 0.29) is 12.5 Å². The van der Waals surface area contributed by atoms with Crippen LogP contribution in [0.25, 0.3) is 0 Å². The molecule has 1 aromatic carbocycles. The van der Waals surface area contributed by atoms with E-state index in [1.165, 1.54) is 0 Å². The highest BCUT2D eigenvalue weighted by molar-refractivity contribution is 5.75. The van der Waals surface area contributed by atoms with Crippen molar-refractivity contribution in [2.24, 2.45) is 0 Å². The molecule has 1 rings (SSSR count). The number of nitrogens with one attached hydrogen (secondary N) is 1. The van der Waals surface area contributed by atoms with Crippen LogP contribution in [0, 0.1) is 0 Å². The van der Waals surface area contributed by atoms with E-state index in [2.05, 4.69) is 5.32 Å². The van der Waals surface area contributed by atoms with Crippen molar-refractivity contribution in [1.82, 2.24) is 5.32 Å². The predicted molar refractivity (Wildman–Crippen MR) is 65.8 cm³/mol. The predicted octanol–water partition coefficient (Wildman–Crippen LogP) is 1.47. The maximum absolute atomic E-state index is 11.3. The average molecular weight is 237 g/mol. The van der Waals surface area contributed by atoms with Crippen LogP contribution in [0.4, 0.5) is 0 Å². The highest BCUT2D eigenvalue weighted by Crippen LogP contribution is 2.12. The third-order valence-electron chi connectivity index (χ3n) is 2.28. The highest BCUT2D eigenvalue weighted by atomic mass is 16.5. The van der Waals surface area contributed by atoms with Crippen LogP contribution in [0.1, 0.15) is 25.3 Å². The molecule has 0 aromatic heterocycles. The standard InChI is InChI=1S/C13H19NO3/c1-2-8-14-13(16)7-9-17-12-5-3-11(10-15)4-6-12/h3-6,15H,2,7-10H2,1H3,(H,14,16). The summed E-state index contributed by atoms with van der Waals surface area (Å²) in [6.45, 7) is 3.12. The Balaban J connectivity index is 2.23. The van der Waals surface area contributed by atoms with Crippen molar-refractivity contribution in [2.75, 3.05) is 13.2 Å². The van der Waals surface area contributed by atoms with Crippen LogP contribution >= 0.6 is 0 Å². The number of carbonyl (C=O) groups excluding carboxylic acids is 1. The minimum Gasteiger partial charge on any atom is -0.493 e. The Kier molecular flexibility index (Phi) is 6.10. The van der Waals surface area contributed by atoms with E-state index >= 15 is 0 Å². The maximum Gasteiger partial charge on any atom is 0.223 e. The van der Waals surface area contributed by atoms with Crippen molar-refractivity contribution < 1.29 is 14.6 Å². The van der Waals surface area contributed by atoms with Crippen LogP contribution < -0.4 is 10.1 Å². The van der Waals surface area contributed by atoms with Crippen molar-refractivity contribution in [3.05, 3.63) is 29.8 Å². The fourth-order valence-corrected chi connectivity index (χ4v) is 1.31. The van der Waals surface area contributed by atoms with E-state index in [9.17, 15) is 4.79 Å². The van der Waals surface area contributed by atoms with Gasteiger partial charge in [0, 0.05) is 6.54 Å². The molecule has 0 unspecified atom stereocenters. The van der Waals surface area contributed by atoms with E-state index in [1.807, 2.05) is 6.92 Å². The van der Waals surface area contributed by atoms with Crippen molar-refractivity contribution in [3.63, 3.8) is 0 Å². The van der Waals surface area contributed by atoms with Crippen LogP contribution in [0.15, 0.2) is 24.3 Å². The van der Waals surface area contributed by atoms with Gasteiger partial charge >= 0.3 is 0 Å². The molecule has 0 aliphatic carbocycles. The SMILES string of the molecule is CCCNC(=O)CCOc1ccc(CO)cc1. The zero-order valence-electron chi connectivity index (χ0n) is 10.1. The second-order valence-corrected chi connectivity index (χ2v) is 3.75. The molecular formula is C13H19NO3. The zero-order valence-corrected chi connectivity index (χ0v) is 10.1.